The van der Waals surface area contributed by atoms with Crippen molar-refractivity contribution in [2.75, 3.05) is 0 Å². The van der Waals surface area contributed by atoms with E-state index in [0.717, 1.165) is 28.9 Å². The summed E-state index contributed by atoms with van der Waals surface area (Å²) in [6, 6.07) is 4.83. The van der Waals surface area contributed by atoms with Crippen LogP contribution >= 0.6 is 0 Å². The second kappa shape index (κ2) is 3.30. The number of hydrogen-bond acceptors (Lipinski definition) is 3. The van der Waals surface area contributed by atoms with Crippen molar-refractivity contribution in [1.29, 1.82) is 0 Å². The Morgan fingerprint density at radius 3 is 3.00 bits per heavy atom. The molecule has 0 radical (unpaired) electrons. The van der Waals surface area contributed by atoms with Crippen LogP contribution in [0.2, 0.25) is 0 Å². The van der Waals surface area contributed by atoms with Crippen molar-refractivity contribution in [2.45, 2.75) is 19.3 Å². The summed E-state index contributed by atoms with van der Waals surface area (Å²) in [6.07, 6.45) is 3.44. The van der Waals surface area contributed by atoms with Gasteiger partial charge in [-0.15, -0.1) is 0 Å². The molecular weight excluding hydrogens is 206 g/mol. The van der Waals surface area contributed by atoms with Crippen LogP contribution in [0.1, 0.15) is 18.5 Å². The minimum Gasteiger partial charge on any atom is -0.278 e. The molecule has 1 aliphatic rings. The number of nitrogens with zero attached hydrogens (tertiary/aromatic N) is 2. The van der Waals surface area contributed by atoms with Crippen LogP contribution in [0.4, 0.5) is 5.69 Å². The van der Waals surface area contributed by atoms with Crippen LogP contribution in [0.5, 0.6) is 0 Å². The van der Waals surface area contributed by atoms with Crippen LogP contribution in [-0.2, 0) is 6.42 Å². The largest absolute Gasteiger partial charge is 0.278 e. The van der Waals surface area contributed by atoms with Crippen molar-refractivity contribution in [1.82, 2.24) is 10.2 Å². The van der Waals surface area contributed by atoms with Crippen molar-refractivity contribution in [2.24, 2.45) is 5.92 Å². The third kappa shape index (κ3) is 1.54. The van der Waals surface area contributed by atoms with Gasteiger partial charge in [0.05, 0.1) is 16.1 Å². The van der Waals surface area contributed by atoms with Crippen LogP contribution in [0.25, 0.3) is 10.9 Å². The summed E-state index contributed by atoms with van der Waals surface area (Å²) in [6.45, 7) is 0. The number of aromatic nitrogens is 2. The molecule has 0 bridgehead atoms. The first-order valence-electron chi connectivity index (χ1n) is 5.35. The minimum atomic E-state index is -0.368. The van der Waals surface area contributed by atoms with Crippen molar-refractivity contribution in [3.05, 3.63) is 34.0 Å². The molecule has 0 unspecified atom stereocenters. The molecule has 1 aromatic carbocycles. The molecule has 1 aliphatic carbocycles. The zero-order valence-electron chi connectivity index (χ0n) is 8.64. The maximum Gasteiger partial charge on any atom is 0.270 e. The van der Waals surface area contributed by atoms with Gasteiger partial charge in [0.2, 0.25) is 0 Å². The lowest BCUT2D eigenvalue weighted by molar-refractivity contribution is -0.384. The Balaban J connectivity index is 2.07. The second-order valence-electron chi connectivity index (χ2n) is 4.30. The summed E-state index contributed by atoms with van der Waals surface area (Å²) in [7, 11) is 0. The van der Waals surface area contributed by atoms with Gasteiger partial charge in [-0.05, 0) is 31.2 Å². The van der Waals surface area contributed by atoms with E-state index in [2.05, 4.69) is 10.2 Å². The van der Waals surface area contributed by atoms with E-state index in [4.69, 9.17) is 0 Å². The highest BCUT2D eigenvalue weighted by Gasteiger charge is 2.24. The standard InChI is InChI=1S/C11H11N3O2/c15-14(16)8-3-4-10-9(6-8)11(13-12-10)5-7-1-2-7/h3-4,6-7H,1-2,5H2,(H,12,13). The second-order valence-corrected chi connectivity index (χ2v) is 4.30. The summed E-state index contributed by atoms with van der Waals surface area (Å²) in [5.41, 5.74) is 1.97. The summed E-state index contributed by atoms with van der Waals surface area (Å²) in [5, 5.41) is 18.7. The highest BCUT2D eigenvalue weighted by molar-refractivity contribution is 5.83. The monoisotopic (exact) mass is 217 g/mol. The number of rotatable bonds is 3. The fourth-order valence-corrected chi connectivity index (χ4v) is 1.92. The van der Waals surface area contributed by atoms with Gasteiger partial charge in [0, 0.05) is 17.5 Å². The van der Waals surface area contributed by atoms with Gasteiger partial charge in [0.25, 0.3) is 5.69 Å². The zero-order chi connectivity index (χ0) is 11.1. The number of non-ortho nitro benzene ring substituents is 1. The maximum absolute atomic E-state index is 10.7. The lowest BCUT2D eigenvalue weighted by Crippen LogP contribution is -1.89. The Kier molecular flexibility index (Phi) is 1.92. The van der Waals surface area contributed by atoms with E-state index in [0.29, 0.717) is 0 Å². The van der Waals surface area contributed by atoms with E-state index in [1.54, 1.807) is 12.1 Å². The number of hydrogen-bond donors (Lipinski definition) is 1. The van der Waals surface area contributed by atoms with Crippen molar-refractivity contribution in [3.63, 3.8) is 0 Å². The van der Waals surface area contributed by atoms with Gasteiger partial charge in [-0.25, -0.2) is 0 Å². The van der Waals surface area contributed by atoms with Gasteiger partial charge in [-0.3, -0.25) is 15.2 Å². The highest BCUT2D eigenvalue weighted by atomic mass is 16.6. The molecule has 1 saturated carbocycles. The number of aromatic amines is 1. The van der Waals surface area contributed by atoms with Crippen LogP contribution < -0.4 is 0 Å². The average Bonchev–Trinajstić information content (AvgIpc) is 2.99. The third-order valence-electron chi connectivity index (χ3n) is 3.02. The Morgan fingerprint density at radius 1 is 1.50 bits per heavy atom. The Hall–Kier alpha value is -1.91. The normalized spacial score (nSPS) is 15.5. The van der Waals surface area contributed by atoms with Gasteiger partial charge < -0.3 is 0 Å². The molecule has 0 aliphatic heterocycles. The summed E-state index contributed by atoms with van der Waals surface area (Å²) < 4.78 is 0. The molecule has 1 fully saturated rings. The van der Waals surface area contributed by atoms with E-state index in [-0.39, 0.29) is 10.6 Å². The molecule has 0 spiro atoms. The molecule has 1 aromatic heterocycles. The van der Waals surface area contributed by atoms with Gasteiger partial charge in [-0.1, -0.05) is 0 Å². The predicted octanol–water partition coefficient (Wildman–Crippen LogP) is 2.42. The van der Waals surface area contributed by atoms with Gasteiger partial charge in [-0.2, -0.15) is 5.10 Å². The van der Waals surface area contributed by atoms with Crippen LogP contribution in [0.3, 0.4) is 0 Å². The smallest absolute Gasteiger partial charge is 0.270 e. The zero-order valence-corrected chi connectivity index (χ0v) is 8.64. The molecule has 5 heteroatoms. The molecular formula is C11H11N3O2. The summed E-state index contributed by atoms with van der Waals surface area (Å²) in [4.78, 5) is 10.3. The Labute approximate surface area is 91.6 Å². The van der Waals surface area contributed by atoms with Crippen molar-refractivity contribution < 1.29 is 4.92 Å². The fraction of sp³-hybridized carbons (Fsp3) is 0.364. The molecule has 0 saturated heterocycles. The van der Waals surface area contributed by atoms with Gasteiger partial charge in [0.1, 0.15) is 0 Å². The average molecular weight is 217 g/mol. The number of nitro benzene ring substituents is 1. The number of nitro groups is 1. The molecule has 82 valence electrons. The maximum atomic E-state index is 10.7. The van der Waals surface area contributed by atoms with Gasteiger partial charge >= 0.3 is 0 Å². The molecule has 3 rings (SSSR count). The fourth-order valence-electron chi connectivity index (χ4n) is 1.92. The van der Waals surface area contributed by atoms with Crippen LogP contribution in [-0.4, -0.2) is 15.1 Å². The number of nitrogens with one attached hydrogen (secondary N) is 1. The Bertz CT molecular complexity index is 557. The molecule has 5 nitrogen and oxygen atoms in total. The first-order valence-corrected chi connectivity index (χ1v) is 5.35. The van der Waals surface area contributed by atoms with Gasteiger partial charge in [0.15, 0.2) is 0 Å². The SMILES string of the molecule is O=[N+]([O-])c1ccc2[nH]nc(CC3CC3)c2c1. The summed E-state index contributed by atoms with van der Waals surface area (Å²) in [5.74, 6) is 0.728. The quantitative estimate of drug-likeness (QED) is 0.633. The molecule has 0 atom stereocenters. The van der Waals surface area contributed by atoms with Crippen LogP contribution in [0.15, 0.2) is 18.2 Å². The predicted molar refractivity (Wildman–Crippen MR) is 59.2 cm³/mol. The third-order valence-corrected chi connectivity index (χ3v) is 3.02. The number of H-pyrrole nitrogens is 1. The highest BCUT2D eigenvalue weighted by Crippen LogP contribution is 2.34. The topological polar surface area (TPSA) is 71.8 Å². The molecule has 1 N–H and O–H groups in total. The minimum absolute atomic E-state index is 0.131. The number of fused-ring (bicyclic) bond motifs is 1. The van der Waals surface area contributed by atoms with E-state index in [1.807, 2.05) is 0 Å². The Morgan fingerprint density at radius 2 is 2.31 bits per heavy atom. The van der Waals surface area contributed by atoms with E-state index >= 15 is 0 Å². The van der Waals surface area contributed by atoms with Crippen molar-refractivity contribution in [3.8, 4) is 0 Å². The first-order chi connectivity index (χ1) is 7.74. The first kappa shape index (κ1) is 9.33. The lowest BCUT2D eigenvalue weighted by atomic mass is 10.1. The van der Waals surface area contributed by atoms with Crippen LogP contribution in [0, 0.1) is 16.0 Å². The molecule has 0 amide bonds. The van der Waals surface area contributed by atoms with Crippen molar-refractivity contribution >= 4 is 16.6 Å². The van der Waals surface area contributed by atoms with E-state index in [1.165, 1.54) is 18.9 Å². The lowest BCUT2D eigenvalue weighted by Gasteiger charge is -1.95. The molecule has 2 aromatic rings. The molecule has 16 heavy (non-hydrogen) atoms. The molecule has 1 heterocycles. The van der Waals surface area contributed by atoms with E-state index in [9.17, 15) is 10.1 Å². The van der Waals surface area contributed by atoms with E-state index < -0.39 is 0 Å². The summed E-state index contributed by atoms with van der Waals surface area (Å²) >= 11 is 0. The number of benzene rings is 1.